The fourth-order valence-corrected chi connectivity index (χ4v) is 2.81. The maximum atomic E-state index is 11.9. The van der Waals surface area contributed by atoms with E-state index >= 15 is 0 Å². The van der Waals surface area contributed by atoms with Crippen LogP contribution < -0.4 is 10.2 Å². The van der Waals surface area contributed by atoms with E-state index < -0.39 is 0 Å². The first kappa shape index (κ1) is 16.5. The number of aromatic nitrogens is 4. The molecule has 2 rings (SSSR count). The summed E-state index contributed by atoms with van der Waals surface area (Å²) in [4.78, 5) is 14.0. The zero-order valence-corrected chi connectivity index (χ0v) is 13.8. The van der Waals surface area contributed by atoms with Gasteiger partial charge in [-0.1, -0.05) is 18.9 Å². The smallest absolute Gasteiger partial charge is 0.407 e. The van der Waals surface area contributed by atoms with E-state index in [2.05, 4.69) is 39.6 Å². The molecule has 1 atom stereocenters. The van der Waals surface area contributed by atoms with Crippen molar-refractivity contribution in [3.05, 3.63) is 0 Å². The summed E-state index contributed by atoms with van der Waals surface area (Å²) in [6.45, 7) is 7.81. The summed E-state index contributed by atoms with van der Waals surface area (Å²) in [7, 11) is 1.83. The zero-order valence-electron chi connectivity index (χ0n) is 13.8. The quantitative estimate of drug-likeness (QED) is 0.883. The Morgan fingerprint density at radius 1 is 1.36 bits per heavy atom. The van der Waals surface area contributed by atoms with Gasteiger partial charge in [0.15, 0.2) is 0 Å². The van der Waals surface area contributed by atoms with Gasteiger partial charge in [-0.25, -0.2) is 9.48 Å². The number of nitrogens with zero attached hydrogens (tertiary/aromatic N) is 5. The van der Waals surface area contributed by atoms with Crippen LogP contribution in [-0.2, 0) is 11.8 Å². The van der Waals surface area contributed by atoms with Gasteiger partial charge in [0.1, 0.15) is 6.10 Å². The van der Waals surface area contributed by atoms with Crippen molar-refractivity contribution < 1.29 is 9.53 Å². The summed E-state index contributed by atoms with van der Waals surface area (Å²) < 4.78 is 7.04. The Morgan fingerprint density at radius 2 is 2.05 bits per heavy atom. The molecular weight excluding hydrogens is 284 g/mol. The number of hydrogen-bond acceptors (Lipinski definition) is 6. The number of rotatable bonds is 5. The molecule has 1 amide bonds. The third-order valence-corrected chi connectivity index (χ3v) is 3.81. The molecular formula is C14H26N6O2. The van der Waals surface area contributed by atoms with Crippen molar-refractivity contribution in [1.29, 1.82) is 0 Å². The molecule has 0 bridgehead atoms. The monoisotopic (exact) mass is 310 g/mol. The summed E-state index contributed by atoms with van der Waals surface area (Å²) in [6.07, 6.45) is 2.24. The maximum absolute atomic E-state index is 11.9. The lowest BCUT2D eigenvalue weighted by molar-refractivity contribution is 0.0913. The predicted molar refractivity (Wildman–Crippen MR) is 82.6 cm³/mol. The van der Waals surface area contributed by atoms with E-state index in [1.807, 2.05) is 14.0 Å². The molecule has 2 heterocycles. The highest BCUT2D eigenvalue weighted by Gasteiger charge is 2.24. The van der Waals surface area contributed by atoms with E-state index in [1.165, 1.54) is 0 Å². The predicted octanol–water partition coefficient (Wildman–Crippen LogP) is 1.34. The number of carbonyl (C=O) groups is 1. The van der Waals surface area contributed by atoms with Crippen LogP contribution in [0, 0.1) is 5.92 Å². The van der Waals surface area contributed by atoms with Gasteiger partial charge in [-0.15, -0.1) is 0 Å². The molecule has 8 heteroatoms. The molecule has 0 unspecified atom stereocenters. The zero-order chi connectivity index (χ0) is 16.1. The highest BCUT2D eigenvalue weighted by atomic mass is 16.6. The number of amides is 1. The van der Waals surface area contributed by atoms with Crippen molar-refractivity contribution in [3.63, 3.8) is 0 Å². The molecule has 22 heavy (non-hydrogen) atoms. The van der Waals surface area contributed by atoms with Crippen LogP contribution >= 0.6 is 0 Å². The van der Waals surface area contributed by atoms with Crippen LogP contribution in [0.4, 0.5) is 10.7 Å². The van der Waals surface area contributed by atoms with Crippen LogP contribution in [0.5, 0.6) is 0 Å². The molecule has 1 N–H and O–H groups in total. The van der Waals surface area contributed by atoms with E-state index in [1.54, 1.807) is 4.68 Å². The molecule has 1 aromatic heterocycles. The SMILES string of the molecule is CC(C)C[C@H](C)OC(=O)NC1CCN(c2nnnn2C)CC1. The normalized spacial score (nSPS) is 17.6. The van der Waals surface area contributed by atoms with Gasteiger partial charge in [0.2, 0.25) is 5.95 Å². The van der Waals surface area contributed by atoms with Crippen LogP contribution in [0.15, 0.2) is 0 Å². The first-order chi connectivity index (χ1) is 10.5. The second-order valence-electron chi connectivity index (χ2n) is 6.35. The fraction of sp³-hybridized carbons (Fsp3) is 0.857. The number of aryl methyl sites for hydroxylation is 1. The molecule has 1 saturated heterocycles. The number of alkyl carbamates (subject to hydrolysis) is 1. The molecule has 1 aliphatic rings. The average molecular weight is 310 g/mol. The minimum atomic E-state index is -0.313. The van der Waals surface area contributed by atoms with E-state index in [0.29, 0.717) is 5.92 Å². The van der Waals surface area contributed by atoms with Crippen molar-refractivity contribution in [2.75, 3.05) is 18.0 Å². The fourth-order valence-electron chi connectivity index (χ4n) is 2.81. The lowest BCUT2D eigenvalue weighted by Gasteiger charge is -2.32. The maximum Gasteiger partial charge on any atom is 0.407 e. The summed E-state index contributed by atoms with van der Waals surface area (Å²) in [5, 5.41) is 14.5. The van der Waals surface area contributed by atoms with Crippen LogP contribution in [0.2, 0.25) is 0 Å². The first-order valence-electron chi connectivity index (χ1n) is 7.90. The third kappa shape index (κ3) is 4.57. The standard InChI is InChI=1S/C14H26N6O2/c1-10(2)9-11(3)22-14(21)15-12-5-7-20(8-6-12)13-16-17-18-19(13)4/h10-12H,5-9H2,1-4H3,(H,15,21)/t11-/m0/s1. The molecule has 0 saturated carbocycles. The Labute approximate surface area is 131 Å². The van der Waals surface area contributed by atoms with Gasteiger partial charge >= 0.3 is 6.09 Å². The Morgan fingerprint density at radius 3 is 2.59 bits per heavy atom. The van der Waals surface area contributed by atoms with Gasteiger partial charge in [-0.05, 0) is 42.5 Å². The van der Waals surface area contributed by atoms with E-state index in [9.17, 15) is 4.79 Å². The molecule has 1 aliphatic heterocycles. The molecule has 0 spiro atoms. The summed E-state index contributed by atoms with van der Waals surface area (Å²) >= 11 is 0. The summed E-state index contributed by atoms with van der Waals surface area (Å²) in [5.74, 6) is 1.29. The van der Waals surface area contributed by atoms with Gasteiger partial charge in [0.05, 0.1) is 0 Å². The minimum Gasteiger partial charge on any atom is -0.447 e. The van der Waals surface area contributed by atoms with Crippen molar-refractivity contribution >= 4 is 12.0 Å². The van der Waals surface area contributed by atoms with E-state index in [-0.39, 0.29) is 18.2 Å². The number of hydrogen-bond donors (Lipinski definition) is 1. The summed E-state index contributed by atoms with van der Waals surface area (Å²) in [6, 6.07) is 0.149. The van der Waals surface area contributed by atoms with E-state index in [4.69, 9.17) is 4.74 Å². The lowest BCUT2D eigenvalue weighted by atomic mass is 10.1. The minimum absolute atomic E-state index is 0.0511. The molecule has 1 fully saturated rings. The largest absolute Gasteiger partial charge is 0.447 e. The molecule has 0 aromatic carbocycles. The molecule has 1 aromatic rings. The number of ether oxygens (including phenoxy) is 1. The van der Waals surface area contributed by atoms with Gasteiger partial charge in [-0.3, -0.25) is 0 Å². The Balaban J connectivity index is 1.73. The van der Waals surface area contributed by atoms with Crippen LogP contribution in [0.1, 0.15) is 40.0 Å². The number of anilines is 1. The average Bonchev–Trinajstić information content (AvgIpc) is 2.84. The number of tetrazole rings is 1. The van der Waals surface area contributed by atoms with Crippen LogP contribution in [0.3, 0.4) is 0 Å². The third-order valence-electron chi connectivity index (χ3n) is 3.81. The number of piperidine rings is 1. The summed E-state index contributed by atoms with van der Waals surface area (Å²) in [5.41, 5.74) is 0. The second-order valence-corrected chi connectivity index (χ2v) is 6.35. The van der Waals surface area contributed by atoms with Crippen molar-refractivity contribution in [2.45, 2.75) is 52.2 Å². The Hall–Kier alpha value is -1.86. The second kappa shape index (κ2) is 7.42. The Bertz CT molecular complexity index is 481. The van der Waals surface area contributed by atoms with Gasteiger partial charge in [0, 0.05) is 26.2 Å². The Kier molecular flexibility index (Phi) is 5.57. The number of carbonyl (C=O) groups excluding carboxylic acids is 1. The van der Waals surface area contributed by atoms with Crippen LogP contribution in [0.25, 0.3) is 0 Å². The number of nitrogens with one attached hydrogen (secondary N) is 1. The first-order valence-corrected chi connectivity index (χ1v) is 7.90. The highest BCUT2D eigenvalue weighted by Crippen LogP contribution is 2.16. The van der Waals surface area contributed by atoms with Crippen molar-refractivity contribution in [2.24, 2.45) is 13.0 Å². The molecule has 124 valence electrons. The van der Waals surface area contributed by atoms with Crippen molar-refractivity contribution in [3.8, 4) is 0 Å². The lowest BCUT2D eigenvalue weighted by Crippen LogP contribution is -2.46. The van der Waals surface area contributed by atoms with Crippen LogP contribution in [-0.4, -0.2) is 51.5 Å². The topological polar surface area (TPSA) is 85.2 Å². The molecule has 8 nitrogen and oxygen atoms in total. The highest BCUT2D eigenvalue weighted by molar-refractivity contribution is 5.67. The van der Waals surface area contributed by atoms with Gasteiger partial charge in [-0.2, -0.15) is 0 Å². The van der Waals surface area contributed by atoms with Crippen molar-refractivity contribution in [1.82, 2.24) is 25.5 Å². The van der Waals surface area contributed by atoms with Gasteiger partial charge in [0.25, 0.3) is 0 Å². The van der Waals surface area contributed by atoms with Gasteiger partial charge < -0.3 is 15.0 Å². The molecule has 0 radical (unpaired) electrons. The van der Waals surface area contributed by atoms with E-state index in [0.717, 1.165) is 38.3 Å². The molecule has 0 aliphatic carbocycles.